The first kappa shape index (κ1) is 19.5. The summed E-state index contributed by atoms with van der Waals surface area (Å²) in [6.45, 7) is 5.51. The summed E-state index contributed by atoms with van der Waals surface area (Å²) < 4.78 is 1.62. The molecule has 150 valence electrons. The number of Topliss-reactive ketones (excluding diaryl/α,β-unsaturated/α-hetero) is 2. The van der Waals surface area contributed by atoms with Gasteiger partial charge in [-0.25, -0.2) is 9.50 Å². The van der Waals surface area contributed by atoms with Crippen molar-refractivity contribution in [3.8, 4) is 6.07 Å². The number of ketones is 2. The van der Waals surface area contributed by atoms with Gasteiger partial charge in [-0.1, -0.05) is 18.2 Å². The van der Waals surface area contributed by atoms with Gasteiger partial charge in [0.05, 0.1) is 6.07 Å². The third-order valence-corrected chi connectivity index (χ3v) is 5.46. The van der Waals surface area contributed by atoms with Gasteiger partial charge in [-0.2, -0.15) is 15.3 Å². The normalized spacial score (nSPS) is 12.2. The smallest absolute Gasteiger partial charge is 0.252 e. The lowest BCUT2D eigenvalue weighted by Crippen LogP contribution is -2.24. The molecular formula is C22H20N6O2. The van der Waals surface area contributed by atoms with Crippen LogP contribution < -0.4 is 0 Å². The van der Waals surface area contributed by atoms with Crippen LogP contribution in [0.25, 0.3) is 16.7 Å². The van der Waals surface area contributed by atoms with Gasteiger partial charge in [0.1, 0.15) is 6.33 Å². The van der Waals surface area contributed by atoms with Crippen molar-refractivity contribution in [2.75, 3.05) is 0 Å². The Morgan fingerprint density at radius 1 is 1.23 bits per heavy atom. The number of carbonyl (C=O) groups excluding carboxylic acids is 2. The second-order valence-electron chi connectivity index (χ2n) is 7.30. The number of fused-ring (bicyclic) bond motifs is 2. The van der Waals surface area contributed by atoms with Crippen molar-refractivity contribution in [1.29, 1.82) is 5.26 Å². The molecule has 0 aliphatic heterocycles. The average molecular weight is 400 g/mol. The third kappa shape index (κ3) is 3.14. The number of nitrogens with zero attached hydrogens (tertiary/aromatic N) is 5. The van der Waals surface area contributed by atoms with Crippen LogP contribution in [0, 0.1) is 38.0 Å². The average Bonchev–Trinajstić information content (AvgIpc) is 3.31. The van der Waals surface area contributed by atoms with Crippen LogP contribution in [0.4, 0.5) is 0 Å². The summed E-state index contributed by atoms with van der Waals surface area (Å²) in [6.07, 6.45) is 1.87. The summed E-state index contributed by atoms with van der Waals surface area (Å²) in [6, 6.07) is 9.29. The van der Waals surface area contributed by atoms with E-state index in [2.05, 4.69) is 20.1 Å². The van der Waals surface area contributed by atoms with Crippen LogP contribution in [-0.2, 0) is 11.2 Å². The van der Waals surface area contributed by atoms with Crippen LogP contribution in [0.1, 0.15) is 39.4 Å². The number of nitriles is 1. The van der Waals surface area contributed by atoms with Crippen molar-refractivity contribution in [1.82, 2.24) is 24.6 Å². The largest absolute Gasteiger partial charge is 0.358 e. The Labute approximate surface area is 172 Å². The monoisotopic (exact) mass is 400 g/mol. The molecule has 0 spiro atoms. The van der Waals surface area contributed by atoms with Crippen LogP contribution in [-0.4, -0.2) is 36.1 Å². The summed E-state index contributed by atoms with van der Waals surface area (Å²) in [5, 5.41) is 14.5. The molecule has 3 heterocycles. The number of aryl methyl sites for hydroxylation is 3. The van der Waals surface area contributed by atoms with Crippen LogP contribution in [0.5, 0.6) is 0 Å². The van der Waals surface area contributed by atoms with Gasteiger partial charge in [0, 0.05) is 40.0 Å². The summed E-state index contributed by atoms with van der Waals surface area (Å²) in [5.41, 5.74) is 4.34. The van der Waals surface area contributed by atoms with E-state index in [1.54, 1.807) is 11.4 Å². The molecule has 0 aliphatic carbocycles. The minimum atomic E-state index is -1.34. The maximum atomic E-state index is 13.1. The Hall–Kier alpha value is -3.86. The zero-order valence-corrected chi connectivity index (χ0v) is 16.9. The van der Waals surface area contributed by atoms with E-state index in [9.17, 15) is 14.9 Å². The van der Waals surface area contributed by atoms with Crippen molar-refractivity contribution in [3.05, 3.63) is 58.8 Å². The third-order valence-electron chi connectivity index (χ3n) is 5.46. The van der Waals surface area contributed by atoms with E-state index in [1.165, 1.54) is 6.33 Å². The quantitative estimate of drug-likeness (QED) is 0.393. The molecule has 0 bridgehead atoms. The second-order valence-corrected chi connectivity index (χ2v) is 7.30. The number of H-pyrrole nitrogens is 1. The topological polar surface area (TPSA) is 117 Å². The van der Waals surface area contributed by atoms with E-state index >= 15 is 0 Å². The van der Waals surface area contributed by atoms with Gasteiger partial charge in [-0.3, -0.25) is 9.59 Å². The summed E-state index contributed by atoms with van der Waals surface area (Å²) >= 11 is 0. The summed E-state index contributed by atoms with van der Waals surface area (Å²) in [4.78, 5) is 37.6. The van der Waals surface area contributed by atoms with Gasteiger partial charge in [0.25, 0.3) is 5.78 Å². The fourth-order valence-electron chi connectivity index (χ4n) is 3.93. The highest BCUT2D eigenvalue weighted by Crippen LogP contribution is 2.26. The maximum Gasteiger partial charge on any atom is 0.252 e. The first-order valence-corrected chi connectivity index (χ1v) is 9.62. The molecule has 0 radical (unpaired) electrons. The molecule has 30 heavy (non-hydrogen) atoms. The fourth-order valence-corrected chi connectivity index (χ4v) is 3.93. The Kier molecular flexibility index (Phi) is 4.88. The summed E-state index contributed by atoms with van der Waals surface area (Å²) in [7, 11) is 0. The van der Waals surface area contributed by atoms with E-state index in [4.69, 9.17) is 0 Å². The number of aromatic nitrogens is 5. The van der Waals surface area contributed by atoms with Crippen molar-refractivity contribution >= 4 is 28.2 Å². The van der Waals surface area contributed by atoms with E-state index < -0.39 is 17.5 Å². The minimum absolute atomic E-state index is 0.0644. The van der Waals surface area contributed by atoms with Crippen molar-refractivity contribution in [2.24, 2.45) is 5.92 Å². The molecule has 0 saturated heterocycles. The number of benzene rings is 1. The number of para-hydroxylation sites is 1. The van der Waals surface area contributed by atoms with E-state index in [-0.39, 0.29) is 6.42 Å². The van der Waals surface area contributed by atoms with Crippen molar-refractivity contribution in [3.63, 3.8) is 0 Å². The van der Waals surface area contributed by atoms with Crippen LogP contribution in [0.15, 0.2) is 30.6 Å². The summed E-state index contributed by atoms with van der Waals surface area (Å²) in [5.74, 6) is -1.70. The van der Waals surface area contributed by atoms with Gasteiger partial charge in [0.2, 0.25) is 0 Å². The number of carbonyl (C=O) groups is 2. The molecule has 0 amide bonds. The van der Waals surface area contributed by atoms with Crippen LogP contribution in [0.2, 0.25) is 0 Å². The minimum Gasteiger partial charge on any atom is -0.358 e. The van der Waals surface area contributed by atoms with Gasteiger partial charge < -0.3 is 4.98 Å². The molecule has 1 atom stereocenters. The standard InChI is InChI=1S/C22H20N6O2/c1-12-15(14(3)28-22(27-12)24-11-25-28)8-9-19(29)17(10-23)21(30)20-13(2)26-18-7-5-4-6-16(18)20/h4-7,11,17,26H,8-9H2,1-3H3. The maximum absolute atomic E-state index is 13.1. The van der Waals surface area contributed by atoms with Gasteiger partial charge in [0.15, 0.2) is 17.5 Å². The number of hydrogen-bond donors (Lipinski definition) is 1. The lowest BCUT2D eigenvalue weighted by atomic mass is 9.90. The molecule has 0 fully saturated rings. The number of nitrogens with one attached hydrogen (secondary N) is 1. The molecule has 0 aliphatic rings. The molecule has 1 unspecified atom stereocenters. The first-order valence-electron chi connectivity index (χ1n) is 9.62. The molecule has 0 saturated carbocycles. The predicted molar refractivity (Wildman–Crippen MR) is 110 cm³/mol. The van der Waals surface area contributed by atoms with Gasteiger partial charge >= 0.3 is 0 Å². The molecule has 4 rings (SSSR count). The van der Waals surface area contributed by atoms with Crippen molar-refractivity contribution in [2.45, 2.75) is 33.6 Å². The SMILES string of the molecule is Cc1nc2ncnn2c(C)c1CCC(=O)C(C#N)C(=O)c1c(C)[nH]c2ccccc12. The number of rotatable bonds is 6. The van der Waals surface area contributed by atoms with E-state index in [0.717, 1.165) is 27.9 Å². The second kappa shape index (κ2) is 7.52. The van der Waals surface area contributed by atoms with E-state index in [0.29, 0.717) is 23.5 Å². The highest BCUT2D eigenvalue weighted by molar-refractivity contribution is 6.18. The zero-order valence-electron chi connectivity index (χ0n) is 16.9. The molecular weight excluding hydrogens is 380 g/mol. The number of hydrogen-bond acceptors (Lipinski definition) is 6. The predicted octanol–water partition coefficient (Wildman–Crippen LogP) is 3.06. The lowest BCUT2D eigenvalue weighted by Gasteiger charge is -2.11. The van der Waals surface area contributed by atoms with Crippen LogP contribution in [0.3, 0.4) is 0 Å². The highest BCUT2D eigenvalue weighted by atomic mass is 16.1. The molecule has 3 aromatic heterocycles. The first-order chi connectivity index (χ1) is 14.4. The Morgan fingerprint density at radius 2 is 2.00 bits per heavy atom. The van der Waals surface area contributed by atoms with Crippen LogP contribution >= 0.6 is 0 Å². The molecule has 1 aromatic carbocycles. The zero-order chi connectivity index (χ0) is 21.4. The molecule has 1 N–H and O–H groups in total. The van der Waals surface area contributed by atoms with Crippen molar-refractivity contribution < 1.29 is 9.59 Å². The van der Waals surface area contributed by atoms with Gasteiger partial charge in [-0.05, 0) is 38.8 Å². The lowest BCUT2D eigenvalue weighted by molar-refractivity contribution is -0.120. The Balaban J connectivity index is 1.59. The molecule has 8 nitrogen and oxygen atoms in total. The molecule has 8 heteroatoms. The Bertz CT molecular complexity index is 1340. The van der Waals surface area contributed by atoms with E-state index in [1.807, 2.05) is 44.2 Å². The fraction of sp³-hybridized carbons (Fsp3) is 0.273. The number of aromatic amines is 1. The van der Waals surface area contributed by atoms with Gasteiger partial charge in [-0.15, -0.1) is 0 Å². The highest BCUT2D eigenvalue weighted by Gasteiger charge is 2.30. The molecule has 4 aromatic rings. The Morgan fingerprint density at radius 3 is 2.77 bits per heavy atom.